The number of nitrogens with one attached hydrogen (secondary N) is 1. The first-order chi connectivity index (χ1) is 8.74. The molecule has 5 heteroatoms. The maximum Gasteiger partial charge on any atom is 0.146 e. The van der Waals surface area contributed by atoms with Gasteiger partial charge in [-0.1, -0.05) is 23.7 Å². The molecule has 1 N–H and O–H groups in total. The molecular formula is C13H17ClF2N2. The molecule has 0 aromatic heterocycles. The summed E-state index contributed by atoms with van der Waals surface area (Å²) in [4.78, 5) is 2.12. The maximum atomic E-state index is 14.0. The van der Waals surface area contributed by atoms with Crippen LogP contribution in [0.2, 0.25) is 5.02 Å². The predicted octanol–water partition coefficient (Wildman–Crippen LogP) is 2.79. The minimum absolute atomic E-state index is 0.103. The molecule has 1 saturated heterocycles. The van der Waals surface area contributed by atoms with Crippen LogP contribution in [0.1, 0.15) is 18.0 Å². The monoisotopic (exact) mass is 274 g/mol. The lowest BCUT2D eigenvalue weighted by Gasteiger charge is -2.35. The Morgan fingerprint density at radius 2 is 2.06 bits per heavy atom. The average molecular weight is 275 g/mol. The van der Waals surface area contributed by atoms with Crippen LogP contribution >= 0.6 is 11.6 Å². The van der Waals surface area contributed by atoms with Gasteiger partial charge in [-0.3, -0.25) is 9.29 Å². The molecule has 0 aliphatic carbocycles. The third-order valence-electron chi connectivity index (χ3n) is 3.32. The largest absolute Gasteiger partial charge is 0.314 e. The molecule has 2 rings (SSSR count). The summed E-state index contributed by atoms with van der Waals surface area (Å²) in [6.07, 6.45) is 0.303. The van der Waals surface area contributed by atoms with Crippen molar-refractivity contribution in [2.75, 3.05) is 32.9 Å². The van der Waals surface area contributed by atoms with Crippen molar-refractivity contribution in [2.24, 2.45) is 0 Å². The molecule has 0 amide bonds. The molecule has 2 nitrogen and oxygen atoms in total. The second-order valence-electron chi connectivity index (χ2n) is 4.42. The Morgan fingerprint density at radius 3 is 2.72 bits per heavy atom. The highest BCUT2D eigenvalue weighted by Gasteiger charge is 2.25. The molecule has 0 radical (unpaired) electrons. The van der Waals surface area contributed by atoms with E-state index in [1.54, 1.807) is 12.1 Å². The number of hydrogen-bond acceptors (Lipinski definition) is 2. The zero-order chi connectivity index (χ0) is 13.0. The second kappa shape index (κ2) is 6.45. The molecule has 0 spiro atoms. The zero-order valence-corrected chi connectivity index (χ0v) is 10.9. The van der Waals surface area contributed by atoms with Crippen LogP contribution in [-0.2, 0) is 0 Å². The van der Waals surface area contributed by atoms with Crippen LogP contribution in [-0.4, -0.2) is 37.8 Å². The van der Waals surface area contributed by atoms with Crippen LogP contribution < -0.4 is 5.32 Å². The van der Waals surface area contributed by atoms with E-state index < -0.39 is 12.5 Å². The first-order valence-corrected chi connectivity index (χ1v) is 6.56. The second-order valence-corrected chi connectivity index (χ2v) is 4.83. The molecule has 100 valence electrons. The van der Waals surface area contributed by atoms with Crippen LogP contribution in [0.4, 0.5) is 8.78 Å². The SMILES string of the molecule is FCC[C@@H](c1cccc(Cl)c1F)N1CCNCC1. The lowest BCUT2D eigenvalue weighted by Crippen LogP contribution is -2.45. The molecular weight excluding hydrogens is 258 g/mol. The van der Waals surface area contributed by atoms with E-state index in [4.69, 9.17) is 11.6 Å². The molecule has 1 fully saturated rings. The lowest BCUT2D eigenvalue weighted by atomic mass is 10.0. The van der Waals surface area contributed by atoms with Crippen LogP contribution in [0.5, 0.6) is 0 Å². The van der Waals surface area contributed by atoms with Gasteiger partial charge >= 0.3 is 0 Å². The third kappa shape index (κ3) is 2.99. The molecule has 1 aliphatic rings. The van der Waals surface area contributed by atoms with Gasteiger partial charge in [0, 0.05) is 37.8 Å². The van der Waals surface area contributed by atoms with Gasteiger partial charge in [-0.15, -0.1) is 0 Å². The number of rotatable bonds is 4. The van der Waals surface area contributed by atoms with Crippen molar-refractivity contribution >= 4 is 11.6 Å². The molecule has 1 atom stereocenters. The Morgan fingerprint density at radius 1 is 1.33 bits per heavy atom. The first kappa shape index (κ1) is 13.7. The molecule has 0 bridgehead atoms. The summed E-state index contributed by atoms with van der Waals surface area (Å²) in [5, 5.41) is 3.34. The number of nitrogens with zero attached hydrogens (tertiary/aromatic N) is 1. The van der Waals surface area contributed by atoms with Crippen molar-refractivity contribution in [1.29, 1.82) is 0 Å². The highest BCUT2D eigenvalue weighted by molar-refractivity contribution is 6.30. The number of piperazine rings is 1. The normalized spacial score (nSPS) is 18.8. The van der Waals surface area contributed by atoms with E-state index >= 15 is 0 Å². The van der Waals surface area contributed by atoms with Crippen molar-refractivity contribution in [3.63, 3.8) is 0 Å². The van der Waals surface area contributed by atoms with E-state index in [9.17, 15) is 8.78 Å². The average Bonchev–Trinajstić information content (AvgIpc) is 2.41. The van der Waals surface area contributed by atoms with Crippen molar-refractivity contribution in [2.45, 2.75) is 12.5 Å². The zero-order valence-electron chi connectivity index (χ0n) is 10.1. The number of benzene rings is 1. The van der Waals surface area contributed by atoms with Gasteiger partial charge in [0.1, 0.15) is 5.82 Å². The molecule has 18 heavy (non-hydrogen) atoms. The Kier molecular flexibility index (Phi) is 4.92. The van der Waals surface area contributed by atoms with Crippen LogP contribution in [0.15, 0.2) is 18.2 Å². The number of halogens is 3. The standard InChI is InChI=1S/C13H17ClF2N2/c14-11-3-1-2-10(13(11)16)12(4-5-15)18-8-6-17-7-9-18/h1-3,12,17H,4-9H2/t12-/m0/s1. The van der Waals surface area contributed by atoms with E-state index in [1.165, 1.54) is 6.07 Å². The Labute approximate surface area is 111 Å². The van der Waals surface area contributed by atoms with Gasteiger partial charge in [0.15, 0.2) is 0 Å². The fraction of sp³-hybridized carbons (Fsp3) is 0.538. The summed E-state index contributed by atoms with van der Waals surface area (Å²) >= 11 is 5.80. The molecule has 0 saturated carbocycles. The topological polar surface area (TPSA) is 15.3 Å². The smallest absolute Gasteiger partial charge is 0.146 e. The van der Waals surface area contributed by atoms with Crippen LogP contribution in [0.3, 0.4) is 0 Å². The molecule has 1 heterocycles. The summed E-state index contributed by atoms with van der Waals surface area (Å²) in [5.41, 5.74) is 0.502. The fourth-order valence-electron chi connectivity index (χ4n) is 2.41. The number of hydrogen-bond donors (Lipinski definition) is 1. The quantitative estimate of drug-likeness (QED) is 0.908. The predicted molar refractivity (Wildman–Crippen MR) is 69.2 cm³/mol. The van der Waals surface area contributed by atoms with E-state index in [-0.39, 0.29) is 11.1 Å². The Hall–Kier alpha value is -0.710. The third-order valence-corrected chi connectivity index (χ3v) is 3.61. The van der Waals surface area contributed by atoms with Crippen LogP contribution in [0, 0.1) is 5.82 Å². The van der Waals surface area contributed by atoms with E-state index in [0.29, 0.717) is 12.0 Å². The van der Waals surface area contributed by atoms with Crippen molar-refractivity contribution < 1.29 is 8.78 Å². The minimum Gasteiger partial charge on any atom is -0.314 e. The van der Waals surface area contributed by atoms with Gasteiger partial charge in [-0.25, -0.2) is 4.39 Å². The van der Waals surface area contributed by atoms with Gasteiger partial charge in [-0.05, 0) is 12.5 Å². The van der Waals surface area contributed by atoms with Crippen molar-refractivity contribution in [3.8, 4) is 0 Å². The summed E-state index contributed by atoms with van der Waals surface area (Å²) in [6.45, 7) is 2.85. The van der Waals surface area contributed by atoms with Gasteiger partial charge in [0.25, 0.3) is 0 Å². The fourth-order valence-corrected chi connectivity index (χ4v) is 2.59. The molecule has 1 aromatic rings. The maximum absolute atomic E-state index is 14.0. The summed E-state index contributed by atoms with van der Waals surface area (Å²) < 4.78 is 26.8. The summed E-state index contributed by atoms with van der Waals surface area (Å²) in [7, 11) is 0. The number of alkyl halides is 1. The Bertz CT molecular complexity index is 395. The van der Waals surface area contributed by atoms with E-state index in [1.807, 2.05) is 0 Å². The highest BCUT2D eigenvalue weighted by Crippen LogP contribution is 2.30. The van der Waals surface area contributed by atoms with E-state index in [2.05, 4.69) is 10.2 Å². The first-order valence-electron chi connectivity index (χ1n) is 6.18. The Balaban J connectivity index is 2.25. The molecule has 1 aliphatic heterocycles. The van der Waals surface area contributed by atoms with E-state index in [0.717, 1.165) is 26.2 Å². The minimum atomic E-state index is -0.458. The van der Waals surface area contributed by atoms with Gasteiger partial charge in [0.2, 0.25) is 0 Å². The van der Waals surface area contributed by atoms with Crippen molar-refractivity contribution in [1.82, 2.24) is 10.2 Å². The van der Waals surface area contributed by atoms with Gasteiger partial charge in [0.05, 0.1) is 11.7 Å². The summed E-state index contributed by atoms with van der Waals surface area (Å²) in [6, 6.07) is 4.71. The molecule has 1 aromatic carbocycles. The lowest BCUT2D eigenvalue weighted by molar-refractivity contribution is 0.154. The highest BCUT2D eigenvalue weighted by atomic mass is 35.5. The summed E-state index contributed by atoms with van der Waals surface area (Å²) in [5.74, 6) is -0.420. The van der Waals surface area contributed by atoms with Gasteiger partial charge in [-0.2, -0.15) is 0 Å². The molecule has 0 unspecified atom stereocenters. The van der Waals surface area contributed by atoms with Crippen molar-refractivity contribution in [3.05, 3.63) is 34.6 Å². The van der Waals surface area contributed by atoms with Crippen LogP contribution in [0.25, 0.3) is 0 Å². The van der Waals surface area contributed by atoms with Gasteiger partial charge < -0.3 is 5.32 Å².